The smallest absolute Gasteiger partial charge is 0.256 e. The molecule has 0 radical (unpaired) electrons. The lowest BCUT2D eigenvalue weighted by atomic mass is 10.1. The number of aromatic nitrogens is 2. The second kappa shape index (κ2) is 6.80. The summed E-state index contributed by atoms with van der Waals surface area (Å²) >= 11 is 1.46. The van der Waals surface area contributed by atoms with Crippen molar-refractivity contribution in [3.05, 3.63) is 86.2 Å². The summed E-state index contributed by atoms with van der Waals surface area (Å²) in [7, 11) is 1.67. The molecule has 0 aliphatic heterocycles. The van der Waals surface area contributed by atoms with Crippen LogP contribution in [0.2, 0.25) is 0 Å². The first-order valence-corrected chi connectivity index (χ1v) is 8.42. The van der Waals surface area contributed by atoms with Crippen molar-refractivity contribution in [2.45, 2.75) is 13.0 Å². The van der Waals surface area contributed by atoms with Crippen molar-refractivity contribution >= 4 is 17.2 Å². The molecule has 24 heavy (non-hydrogen) atoms. The number of nitrogens with one attached hydrogen (secondary N) is 1. The summed E-state index contributed by atoms with van der Waals surface area (Å²) in [6, 6.07) is 10.8. The zero-order valence-electron chi connectivity index (χ0n) is 13.4. The van der Waals surface area contributed by atoms with E-state index in [9.17, 15) is 9.59 Å². The standard InChI is InChI=1S/C18H17N3O2S/c1-12-10-19-16(21(2)18(12)23)15(13-6-4-3-5-7-13)20-17(22)14-8-9-24-11-14/h3-11,15H,1-2H3,(H,20,22)/t15-/m0/s1. The molecule has 0 saturated heterocycles. The highest BCUT2D eigenvalue weighted by atomic mass is 32.1. The zero-order valence-corrected chi connectivity index (χ0v) is 14.2. The van der Waals surface area contributed by atoms with Crippen LogP contribution < -0.4 is 10.9 Å². The van der Waals surface area contributed by atoms with Crippen molar-refractivity contribution in [3.8, 4) is 0 Å². The van der Waals surface area contributed by atoms with E-state index in [1.807, 2.05) is 35.7 Å². The van der Waals surface area contributed by atoms with Crippen molar-refractivity contribution < 1.29 is 4.79 Å². The zero-order chi connectivity index (χ0) is 17.1. The van der Waals surface area contributed by atoms with Crippen molar-refractivity contribution in [1.29, 1.82) is 0 Å². The Morgan fingerprint density at radius 2 is 2.00 bits per heavy atom. The molecular formula is C18H17N3O2S. The molecule has 1 aromatic carbocycles. The third kappa shape index (κ3) is 3.14. The van der Waals surface area contributed by atoms with E-state index in [1.165, 1.54) is 15.9 Å². The van der Waals surface area contributed by atoms with Crippen LogP contribution in [-0.2, 0) is 7.05 Å². The number of amides is 1. The molecule has 0 aliphatic carbocycles. The van der Waals surface area contributed by atoms with Crippen molar-refractivity contribution in [2.24, 2.45) is 7.05 Å². The minimum atomic E-state index is -0.503. The number of rotatable bonds is 4. The Kier molecular flexibility index (Phi) is 4.57. The Balaban J connectivity index is 2.05. The second-order valence-electron chi connectivity index (χ2n) is 5.49. The minimum Gasteiger partial charge on any atom is -0.338 e. The number of carbonyl (C=O) groups excluding carboxylic acids is 1. The van der Waals surface area contributed by atoms with Gasteiger partial charge in [0.1, 0.15) is 11.9 Å². The number of hydrogen-bond acceptors (Lipinski definition) is 4. The molecule has 6 heteroatoms. The van der Waals surface area contributed by atoms with Gasteiger partial charge in [0.25, 0.3) is 11.5 Å². The third-order valence-corrected chi connectivity index (χ3v) is 4.51. The summed E-state index contributed by atoms with van der Waals surface area (Å²) < 4.78 is 1.49. The van der Waals surface area contributed by atoms with Crippen LogP contribution in [0.1, 0.15) is 33.4 Å². The summed E-state index contributed by atoms with van der Waals surface area (Å²) in [6.45, 7) is 1.72. The first kappa shape index (κ1) is 16.1. The van der Waals surface area contributed by atoms with Gasteiger partial charge >= 0.3 is 0 Å². The largest absolute Gasteiger partial charge is 0.338 e. The maximum absolute atomic E-state index is 12.5. The lowest BCUT2D eigenvalue weighted by Crippen LogP contribution is -2.35. The summed E-state index contributed by atoms with van der Waals surface area (Å²) in [4.78, 5) is 29.2. The maximum atomic E-state index is 12.5. The molecular weight excluding hydrogens is 322 g/mol. The number of carbonyl (C=O) groups is 1. The number of benzene rings is 1. The molecule has 3 aromatic rings. The van der Waals surface area contributed by atoms with Gasteiger partial charge in [-0.3, -0.25) is 14.2 Å². The number of aryl methyl sites for hydroxylation is 1. The summed E-state index contributed by atoms with van der Waals surface area (Å²) in [5, 5.41) is 6.63. The van der Waals surface area contributed by atoms with Gasteiger partial charge < -0.3 is 5.32 Å². The quantitative estimate of drug-likeness (QED) is 0.795. The molecule has 1 atom stereocenters. The summed E-state index contributed by atoms with van der Waals surface area (Å²) in [5.41, 5.74) is 1.91. The summed E-state index contributed by atoms with van der Waals surface area (Å²) in [6.07, 6.45) is 1.55. The lowest BCUT2D eigenvalue weighted by Gasteiger charge is -2.21. The van der Waals surface area contributed by atoms with Crippen LogP contribution >= 0.6 is 11.3 Å². The minimum absolute atomic E-state index is 0.120. The SMILES string of the molecule is Cc1cnc([C@@H](NC(=O)c2ccsc2)c2ccccc2)n(C)c1=O. The van der Waals surface area contributed by atoms with Crippen LogP contribution in [0.25, 0.3) is 0 Å². The molecule has 0 fully saturated rings. The second-order valence-corrected chi connectivity index (χ2v) is 6.27. The Hall–Kier alpha value is -2.73. The highest BCUT2D eigenvalue weighted by Crippen LogP contribution is 2.20. The number of hydrogen-bond donors (Lipinski definition) is 1. The molecule has 2 heterocycles. The van der Waals surface area contributed by atoms with Crippen LogP contribution in [0.3, 0.4) is 0 Å². The highest BCUT2D eigenvalue weighted by molar-refractivity contribution is 7.08. The van der Waals surface area contributed by atoms with E-state index in [0.29, 0.717) is 17.0 Å². The normalized spacial score (nSPS) is 11.9. The molecule has 0 saturated carbocycles. The van der Waals surface area contributed by atoms with Crippen molar-refractivity contribution in [1.82, 2.24) is 14.9 Å². The Labute approximate surface area is 143 Å². The highest BCUT2D eigenvalue weighted by Gasteiger charge is 2.22. The van der Waals surface area contributed by atoms with E-state index < -0.39 is 6.04 Å². The van der Waals surface area contributed by atoms with Gasteiger partial charge in [-0.1, -0.05) is 30.3 Å². The van der Waals surface area contributed by atoms with Gasteiger partial charge in [0, 0.05) is 24.2 Å². The maximum Gasteiger partial charge on any atom is 0.256 e. The van der Waals surface area contributed by atoms with Gasteiger partial charge in [0.15, 0.2) is 0 Å². The van der Waals surface area contributed by atoms with Gasteiger partial charge in [0.05, 0.1) is 5.56 Å². The average molecular weight is 339 g/mol. The molecule has 3 rings (SSSR count). The van der Waals surface area contributed by atoms with E-state index in [1.54, 1.807) is 31.6 Å². The Morgan fingerprint density at radius 3 is 2.67 bits per heavy atom. The average Bonchev–Trinajstić information content (AvgIpc) is 3.14. The molecule has 0 unspecified atom stereocenters. The first-order chi connectivity index (χ1) is 11.6. The molecule has 1 N–H and O–H groups in total. The van der Waals surface area contributed by atoms with Gasteiger partial charge in [-0.25, -0.2) is 4.98 Å². The van der Waals surface area contributed by atoms with Crippen LogP contribution in [0.5, 0.6) is 0 Å². The fourth-order valence-electron chi connectivity index (χ4n) is 2.49. The Bertz CT molecular complexity index is 902. The Morgan fingerprint density at radius 1 is 1.25 bits per heavy atom. The van der Waals surface area contributed by atoms with Crippen molar-refractivity contribution in [2.75, 3.05) is 0 Å². The van der Waals surface area contributed by atoms with Crippen LogP contribution in [0.15, 0.2) is 58.1 Å². The van der Waals surface area contributed by atoms with E-state index in [2.05, 4.69) is 10.3 Å². The molecule has 5 nitrogen and oxygen atoms in total. The van der Waals surface area contributed by atoms with Gasteiger partial charge in [-0.05, 0) is 23.9 Å². The van der Waals surface area contributed by atoms with Crippen LogP contribution in [0, 0.1) is 6.92 Å². The van der Waals surface area contributed by atoms with Gasteiger partial charge in [-0.2, -0.15) is 11.3 Å². The predicted molar refractivity (Wildman–Crippen MR) is 94.3 cm³/mol. The predicted octanol–water partition coefficient (Wildman–Crippen LogP) is 2.67. The molecule has 122 valence electrons. The van der Waals surface area contributed by atoms with E-state index in [-0.39, 0.29) is 11.5 Å². The van der Waals surface area contributed by atoms with E-state index in [4.69, 9.17) is 0 Å². The van der Waals surface area contributed by atoms with E-state index >= 15 is 0 Å². The molecule has 1 amide bonds. The number of nitrogens with zero attached hydrogens (tertiary/aromatic N) is 2. The fourth-order valence-corrected chi connectivity index (χ4v) is 3.13. The van der Waals surface area contributed by atoms with Gasteiger partial charge in [0.2, 0.25) is 0 Å². The molecule has 0 aliphatic rings. The molecule has 0 bridgehead atoms. The third-order valence-electron chi connectivity index (χ3n) is 3.83. The van der Waals surface area contributed by atoms with Crippen LogP contribution in [0.4, 0.5) is 0 Å². The topological polar surface area (TPSA) is 64.0 Å². The molecule has 2 aromatic heterocycles. The van der Waals surface area contributed by atoms with Gasteiger partial charge in [-0.15, -0.1) is 0 Å². The summed E-state index contributed by atoms with van der Waals surface area (Å²) in [5.74, 6) is 0.306. The first-order valence-electron chi connectivity index (χ1n) is 7.48. The van der Waals surface area contributed by atoms with Crippen molar-refractivity contribution in [3.63, 3.8) is 0 Å². The van der Waals surface area contributed by atoms with Crippen LogP contribution in [-0.4, -0.2) is 15.5 Å². The fraction of sp³-hybridized carbons (Fsp3) is 0.167. The molecule has 0 spiro atoms. The monoisotopic (exact) mass is 339 g/mol. The van der Waals surface area contributed by atoms with E-state index in [0.717, 1.165) is 5.56 Å². The lowest BCUT2D eigenvalue weighted by molar-refractivity contribution is 0.0941. The number of thiophene rings is 1.